The van der Waals surface area contributed by atoms with Crippen molar-refractivity contribution in [3.63, 3.8) is 0 Å². The molecule has 0 bridgehead atoms. The summed E-state index contributed by atoms with van der Waals surface area (Å²) < 4.78 is 0. The van der Waals surface area contributed by atoms with Crippen LogP contribution in [-0.2, 0) is 6.54 Å². The van der Waals surface area contributed by atoms with Crippen LogP contribution in [0.3, 0.4) is 0 Å². The molecule has 0 unspecified atom stereocenters. The van der Waals surface area contributed by atoms with Crippen molar-refractivity contribution in [1.29, 1.82) is 0 Å². The van der Waals surface area contributed by atoms with Crippen LogP contribution in [0.15, 0.2) is 76.5 Å². The third-order valence-corrected chi connectivity index (χ3v) is 4.62. The molecule has 0 fully saturated rings. The molecule has 0 aliphatic carbocycles. The van der Waals surface area contributed by atoms with E-state index in [1.807, 2.05) is 11.8 Å². The summed E-state index contributed by atoms with van der Waals surface area (Å²) in [5.41, 5.74) is 1.38. The lowest BCUT2D eigenvalue weighted by Crippen LogP contribution is -3.00. The van der Waals surface area contributed by atoms with Crippen molar-refractivity contribution in [3.8, 4) is 0 Å². The lowest BCUT2D eigenvalue weighted by atomic mass is 10.1. The SMILES string of the molecule is CN(C)Cc1ccccc1Sc1cccc2ccccc12.[Cl-]. The standard InChI is InChI=1S/C19H19NS.ClH/c1-20(2)14-16-9-4-6-12-18(16)21-19-13-7-10-15-8-3-5-11-17(15)19;/h3-13H,14H2,1-2H3;1H/p-1. The van der Waals surface area contributed by atoms with Crippen LogP contribution in [0, 0.1) is 0 Å². The van der Waals surface area contributed by atoms with Gasteiger partial charge < -0.3 is 17.3 Å². The van der Waals surface area contributed by atoms with Gasteiger partial charge in [0.25, 0.3) is 0 Å². The molecule has 1 nitrogen and oxygen atoms in total. The van der Waals surface area contributed by atoms with Crippen LogP contribution in [-0.4, -0.2) is 19.0 Å². The summed E-state index contributed by atoms with van der Waals surface area (Å²) in [7, 11) is 4.22. The van der Waals surface area contributed by atoms with Gasteiger partial charge in [0.05, 0.1) is 0 Å². The van der Waals surface area contributed by atoms with Gasteiger partial charge in [-0.25, -0.2) is 0 Å². The van der Waals surface area contributed by atoms with Crippen LogP contribution in [0.25, 0.3) is 10.8 Å². The highest BCUT2D eigenvalue weighted by Crippen LogP contribution is 2.35. The minimum absolute atomic E-state index is 0. The molecule has 0 aliphatic heterocycles. The molecular weight excluding hydrogens is 310 g/mol. The molecule has 0 saturated carbocycles. The Morgan fingerprint density at radius 1 is 0.773 bits per heavy atom. The summed E-state index contributed by atoms with van der Waals surface area (Å²) >= 11 is 1.86. The Hall–Kier alpha value is -1.48. The Kier molecular flexibility index (Phi) is 5.90. The van der Waals surface area contributed by atoms with Gasteiger partial charge in [-0.3, -0.25) is 0 Å². The predicted molar refractivity (Wildman–Crippen MR) is 91.9 cm³/mol. The van der Waals surface area contributed by atoms with Crippen LogP contribution in [0.2, 0.25) is 0 Å². The average molecular weight is 329 g/mol. The summed E-state index contributed by atoms with van der Waals surface area (Å²) in [6.45, 7) is 0.966. The highest BCUT2D eigenvalue weighted by Gasteiger charge is 2.07. The summed E-state index contributed by atoms with van der Waals surface area (Å²) in [5, 5.41) is 2.62. The van der Waals surface area contributed by atoms with Crippen molar-refractivity contribution >= 4 is 22.5 Å². The first-order valence-electron chi connectivity index (χ1n) is 7.12. The normalized spacial score (nSPS) is 10.7. The molecule has 0 atom stereocenters. The van der Waals surface area contributed by atoms with Crippen LogP contribution in [0.1, 0.15) is 5.56 Å². The van der Waals surface area contributed by atoms with Crippen molar-refractivity contribution in [1.82, 2.24) is 4.90 Å². The molecular formula is C19H19ClNS-. The van der Waals surface area contributed by atoms with Crippen molar-refractivity contribution in [3.05, 3.63) is 72.3 Å². The minimum atomic E-state index is 0. The van der Waals surface area contributed by atoms with E-state index in [-0.39, 0.29) is 12.4 Å². The van der Waals surface area contributed by atoms with Gasteiger partial charge in [-0.2, -0.15) is 0 Å². The van der Waals surface area contributed by atoms with Crippen LogP contribution in [0.4, 0.5) is 0 Å². The van der Waals surface area contributed by atoms with Crippen LogP contribution in [0.5, 0.6) is 0 Å². The van der Waals surface area contributed by atoms with E-state index in [0.29, 0.717) is 0 Å². The summed E-state index contributed by atoms with van der Waals surface area (Å²) in [6.07, 6.45) is 0. The molecule has 0 amide bonds. The molecule has 0 aromatic heterocycles. The molecule has 0 radical (unpaired) electrons. The van der Waals surface area contributed by atoms with E-state index in [1.54, 1.807) is 0 Å². The number of benzene rings is 3. The Labute approximate surface area is 142 Å². The lowest BCUT2D eigenvalue weighted by Gasteiger charge is -2.14. The second-order valence-corrected chi connectivity index (χ2v) is 6.51. The topological polar surface area (TPSA) is 3.24 Å². The van der Waals surface area contributed by atoms with Crippen molar-refractivity contribution in [2.24, 2.45) is 0 Å². The Morgan fingerprint density at radius 3 is 2.23 bits per heavy atom. The first-order chi connectivity index (χ1) is 10.2. The Bertz CT molecular complexity index is 750. The van der Waals surface area contributed by atoms with Gasteiger partial charge in [0.15, 0.2) is 0 Å². The fourth-order valence-corrected chi connectivity index (χ4v) is 3.57. The molecule has 0 spiro atoms. The van der Waals surface area contributed by atoms with E-state index < -0.39 is 0 Å². The van der Waals surface area contributed by atoms with Crippen LogP contribution >= 0.6 is 11.8 Å². The second-order valence-electron chi connectivity index (χ2n) is 5.42. The molecule has 0 heterocycles. The first-order valence-corrected chi connectivity index (χ1v) is 7.94. The number of halogens is 1. The lowest BCUT2D eigenvalue weighted by molar-refractivity contribution is -0.00000426. The number of hydrogen-bond acceptors (Lipinski definition) is 2. The third kappa shape index (κ3) is 3.83. The van der Waals surface area contributed by atoms with E-state index in [9.17, 15) is 0 Å². The highest BCUT2D eigenvalue weighted by atomic mass is 35.5. The summed E-state index contributed by atoms with van der Waals surface area (Å²) in [6, 6.07) is 23.8. The smallest absolute Gasteiger partial charge is 0.0238 e. The van der Waals surface area contributed by atoms with Gasteiger partial charge >= 0.3 is 0 Å². The molecule has 3 aromatic carbocycles. The van der Waals surface area contributed by atoms with Crippen molar-refractivity contribution in [2.75, 3.05) is 14.1 Å². The van der Waals surface area contributed by atoms with E-state index >= 15 is 0 Å². The average Bonchev–Trinajstić information content (AvgIpc) is 2.49. The van der Waals surface area contributed by atoms with Gasteiger partial charge in [-0.1, -0.05) is 66.4 Å². The van der Waals surface area contributed by atoms with Gasteiger partial charge in [0, 0.05) is 16.3 Å². The van der Waals surface area contributed by atoms with Gasteiger partial charge in [-0.05, 0) is 42.6 Å². The quantitative estimate of drug-likeness (QED) is 0.721. The van der Waals surface area contributed by atoms with Gasteiger partial charge in [0.2, 0.25) is 0 Å². The van der Waals surface area contributed by atoms with Crippen molar-refractivity contribution in [2.45, 2.75) is 16.3 Å². The van der Waals surface area contributed by atoms with E-state index in [0.717, 1.165) is 6.54 Å². The van der Waals surface area contributed by atoms with E-state index in [1.165, 1.54) is 26.1 Å². The van der Waals surface area contributed by atoms with Crippen LogP contribution < -0.4 is 12.4 Å². The monoisotopic (exact) mass is 328 g/mol. The molecule has 22 heavy (non-hydrogen) atoms. The maximum Gasteiger partial charge on any atom is 0.0238 e. The molecule has 114 valence electrons. The highest BCUT2D eigenvalue weighted by molar-refractivity contribution is 7.99. The maximum atomic E-state index is 2.22. The minimum Gasteiger partial charge on any atom is -1.00 e. The predicted octanol–water partition coefficient (Wildman–Crippen LogP) is 2.06. The third-order valence-electron chi connectivity index (χ3n) is 3.43. The number of rotatable bonds is 4. The zero-order chi connectivity index (χ0) is 14.7. The molecule has 3 heteroatoms. The number of fused-ring (bicyclic) bond motifs is 1. The molecule has 3 rings (SSSR count). The van der Waals surface area contributed by atoms with Crippen molar-refractivity contribution < 1.29 is 12.4 Å². The Morgan fingerprint density at radius 2 is 1.41 bits per heavy atom. The zero-order valence-electron chi connectivity index (χ0n) is 12.8. The zero-order valence-corrected chi connectivity index (χ0v) is 14.4. The molecule has 0 saturated heterocycles. The second kappa shape index (κ2) is 7.68. The molecule has 3 aromatic rings. The fourth-order valence-electron chi connectivity index (χ4n) is 2.48. The van der Waals surface area contributed by atoms with Gasteiger partial charge in [-0.15, -0.1) is 0 Å². The van der Waals surface area contributed by atoms with E-state index in [4.69, 9.17) is 0 Å². The maximum absolute atomic E-state index is 2.22. The number of hydrogen-bond donors (Lipinski definition) is 0. The van der Waals surface area contributed by atoms with E-state index in [2.05, 4.69) is 85.7 Å². The first kappa shape index (κ1) is 16.9. The fraction of sp³-hybridized carbons (Fsp3) is 0.158. The largest absolute Gasteiger partial charge is 1.00 e. The molecule has 0 N–H and O–H groups in total. The van der Waals surface area contributed by atoms with Gasteiger partial charge in [0.1, 0.15) is 0 Å². The molecule has 0 aliphatic rings. The summed E-state index contributed by atoms with van der Waals surface area (Å²) in [5.74, 6) is 0. The number of nitrogens with zero attached hydrogens (tertiary/aromatic N) is 1. The summed E-state index contributed by atoms with van der Waals surface area (Å²) in [4.78, 5) is 4.87. The Balaban J connectivity index is 0.00000176.